The van der Waals surface area contributed by atoms with Crippen LogP contribution in [0, 0.1) is 5.82 Å². The number of amides is 1. The molecule has 18 heavy (non-hydrogen) atoms. The molecule has 1 rings (SSSR count). The van der Waals surface area contributed by atoms with Crippen molar-refractivity contribution in [2.45, 2.75) is 12.5 Å². The Labute approximate surface area is 102 Å². The molecular formula is C12H12F3NO2. The summed E-state index contributed by atoms with van der Waals surface area (Å²) in [4.78, 5) is 11.2. The summed E-state index contributed by atoms with van der Waals surface area (Å²) in [5, 5.41) is 10.9. The maximum Gasteiger partial charge on any atom is 0.265 e. The van der Waals surface area contributed by atoms with Gasteiger partial charge >= 0.3 is 0 Å². The Morgan fingerprint density at radius 1 is 1.33 bits per heavy atom. The van der Waals surface area contributed by atoms with Crippen molar-refractivity contribution >= 4 is 12.0 Å². The molecule has 0 radical (unpaired) electrons. The highest BCUT2D eigenvalue weighted by molar-refractivity contribution is 5.91. The van der Waals surface area contributed by atoms with Crippen LogP contribution in [0.25, 0.3) is 6.08 Å². The summed E-state index contributed by atoms with van der Waals surface area (Å²) in [6, 6.07) is 5.40. The van der Waals surface area contributed by atoms with Gasteiger partial charge in [-0.1, -0.05) is 12.1 Å². The summed E-state index contributed by atoms with van der Waals surface area (Å²) in [6.45, 7) is -0.524. The molecule has 2 N–H and O–H groups in total. The second kappa shape index (κ2) is 6.80. The van der Waals surface area contributed by atoms with Crippen molar-refractivity contribution in [3.8, 4) is 0 Å². The summed E-state index contributed by atoms with van der Waals surface area (Å²) in [7, 11) is 0. The van der Waals surface area contributed by atoms with Gasteiger partial charge in [0.05, 0.1) is 0 Å². The Morgan fingerprint density at radius 2 is 1.94 bits per heavy atom. The summed E-state index contributed by atoms with van der Waals surface area (Å²) >= 11 is 0. The molecule has 0 aliphatic heterocycles. The molecule has 0 aliphatic carbocycles. The maximum absolute atomic E-state index is 12.6. The zero-order chi connectivity index (χ0) is 13.5. The maximum atomic E-state index is 12.6. The van der Waals surface area contributed by atoms with Crippen molar-refractivity contribution in [1.29, 1.82) is 0 Å². The molecule has 1 unspecified atom stereocenters. The first-order chi connectivity index (χ1) is 8.49. The zero-order valence-corrected chi connectivity index (χ0v) is 9.32. The molecule has 3 nitrogen and oxygen atoms in total. The van der Waals surface area contributed by atoms with Gasteiger partial charge in [-0.25, -0.2) is 13.2 Å². The largest absolute Gasteiger partial charge is 0.385 e. The second-order valence-electron chi connectivity index (χ2n) is 3.53. The van der Waals surface area contributed by atoms with Crippen molar-refractivity contribution in [2.24, 2.45) is 0 Å². The molecule has 0 spiro atoms. The molecule has 1 aromatic rings. The van der Waals surface area contributed by atoms with E-state index in [-0.39, 0.29) is 0 Å². The lowest BCUT2D eigenvalue weighted by Crippen LogP contribution is -2.34. The van der Waals surface area contributed by atoms with Gasteiger partial charge < -0.3 is 10.4 Å². The van der Waals surface area contributed by atoms with E-state index >= 15 is 0 Å². The molecule has 0 aliphatic rings. The molecule has 6 heteroatoms. The molecule has 1 atom stereocenters. The van der Waals surface area contributed by atoms with E-state index in [0.717, 1.165) is 6.08 Å². The van der Waals surface area contributed by atoms with Crippen LogP contribution in [0.15, 0.2) is 30.3 Å². The number of aliphatic hydroxyl groups is 1. The van der Waals surface area contributed by atoms with Gasteiger partial charge in [-0.2, -0.15) is 0 Å². The topological polar surface area (TPSA) is 49.3 Å². The number of carbonyl (C=O) groups excluding carboxylic acids is 1. The van der Waals surface area contributed by atoms with Crippen LogP contribution in [0.1, 0.15) is 5.56 Å². The Balaban J connectivity index is 2.42. The van der Waals surface area contributed by atoms with Crippen LogP contribution >= 0.6 is 0 Å². The van der Waals surface area contributed by atoms with Crippen LogP contribution in [-0.4, -0.2) is 30.1 Å². The standard InChI is InChI=1S/C12H12F3NO2/c13-9-4-1-8(2-5-9)3-6-11(18)16-7-10(17)12(14)15/h1-6,10,12,17H,7H2,(H,16,18)/b6-3+. The summed E-state index contributed by atoms with van der Waals surface area (Å²) in [5.74, 6) is -1.00. The lowest BCUT2D eigenvalue weighted by atomic mass is 10.2. The van der Waals surface area contributed by atoms with Gasteiger partial charge in [0.2, 0.25) is 5.91 Å². The van der Waals surface area contributed by atoms with E-state index in [1.165, 1.54) is 30.3 Å². The highest BCUT2D eigenvalue weighted by Gasteiger charge is 2.16. The van der Waals surface area contributed by atoms with Crippen LogP contribution in [0.3, 0.4) is 0 Å². The smallest absolute Gasteiger partial charge is 0.265 e. The van der Waals surface area contributed by atoms with E-state index in [2.05, 4.69) is 5.32 Å². The van der Waals surface area contributed by atoms with Gasteiger partial charge in [-0.05, 0) is 23.8 Å². The third-order valence-corrected chi connectivity index (χ3v) is 2.07. The second-order valence-corrected chi connectivity index (χ2v) is 3.53. The highest BCUT2D eigenvalue weighted by atomic mass is 19.3. The molecule has 1 amide bonds. The molecule has 0 aromatic heterocycles. The zero-order valence-electron chi connectivity index (χ0n) is 9.32. The number of benzene rings is 1. The molecule has 0 fully saturated rings. The predicted molar refractivity (Wildman–Crippen MR) is 60.5 cm³/mol. The van der Waals surface area contributed by atoms with Gasteiger partial charge in [-0.15, -0.1) is 0 Å². The Bertz CT molecular complexity index is 418. The monoisotopic (exact) mass is 259 g/mol. The molecule has 0 bridgehead atoms. The van der Waals surface area contributed by atoms with Gasteiger partial charge in [0, 0.05) is 12.6 Å². The van der Waals surface area contributed by atoms with E-state index in [9.17, 15) is 18.0 Å². The fourth-order valence-corrected chi connectivity index (χ4v) is 1.10. The summed E-state index contributed by atoms with van der Waals surface area (Å²) < 4.78 is 36.4. The van der Waals surface area contributed by atoms with Gasteiger partial charge in [0.15, 0.2) is 0 Å². The number of aliphatic hydroxyl groups excluding tert-OH is 1. The van der Waals surface area contributed by atoms with Crippen molar-refractivity contribution in [1.82, 2.24) is 5.32 Å². The molecule has 98 valence electrons. The minimum atomic E-state index is -2.90. The van der Waals surface area contributed by atoms with Crippen LogP contribution < -0.4 is 5.32 Å². The van der Waals surface area contributed by atoms with E-state index in [1.807, 2.05) is 0 Å². The van der Waals surface area contributed by atoms with E-state index < -0.39 is 30.8 Å². The van der Waals surface area contributed by atoms with Gasteiger partial charge in [0.25, 0.3) is 6.43 Å². The third-order valence-electron chi connectivity index (χ3n) is 2.07. The van der Waals surface area contributed by atoms with Crippen LogP contribution in [0.2, 0.25) is 0 Å². The van der Waals surface area contributed by atoms with E-state index in [4.69, 9.17) is 5.11 Å². The number of rotatable bonds is 5. The number of hydrogen-bond acceptors (Lipinski definition) is 2. The summed E-state index contributed by atoms with van der Waals surface area (Å²) in [6.07, 6.45) is -2.26. The molecule has 0 saturated heterocycles. The van der Waals surface area contributed by atoms with Crippen LogP contribution in [0.4, 0.5) is 13.2 Å². The molecule has 0 heterocycles. The van der Waals surface area contributed by atoms with E-state index in [1.54, 1.807) is 0 Å². The molecular weight excluding hydrogens is 247 g/mol. The third kappa shape index (κ3) is 5.01. The average molecular weight is 259 g/mol. The van der Waals surface area contributed by atoms with Crippen molar-refractivity contribution in [2.75, 3.05) is 6.54 Å². The number of nitrogens with one attached hydrogen (secondary N) is 1. The number of alkyl halides is 2. The average Bonchev–Trinajstić information content (AvgIpc) is 2.35. The first-order valence-electron chi connectivity index (χ1n) is 5.16. The Hall–Kier alpha value is -1.82. The van der Waals surface area contributed by atoms with Crippen molar-refractivity contribution in [3.05, 3.63) is 41.7 Å². The lowest BCUT2D eigenvalue weighted by Gasteiger charge is -2.08. The first kappa shape index (κ1) is 14.2. The lowest BCUT2D eigenvalue weighted by molar-refractivity contribution is -0.117. The molecule has 0 saturated carbocycles. The predicted octanol–water partition coefficient (Wildman–Crippen LogP) is 1.58. The van der Waals surface area contributed by atoms with Gasteiger partial charge in [0.1, 0.15) is 11.9 Å². The van der Waals surface area contributed by atoms with E-state index in [0.29, 0.717) is 5.56 Å². The number of halogens is 3. The minimum absolute atomic E-state index is 0.392. The Kier molecular flexibility index (Phi) is 5.38. The Morgan fingerprint density at radius 3 is 2.50 bits per heavy atom. The quantitative estimate of drug-likeness (QED) is 0.789. The fourth-order valence-electron chi connectivity index (χ4n) is 1.10. The van der Waals surface area contributed by atoms with Crippen LogP contribution in [0.5, 0.6) is 0 Å². The van der Waals surface area contributed by atoms with Gasteiger partial charge in [-0.3, -0.25) is 4.79 Å². The SMILES string of the molecule is O=C(/C=C/c1ccc(F)cc1)NCC(O)C(F)F. The highest BCUT2D eigenvalue weighted by Crippen LogP contribution is 2.04. The summed E-state index contributed by atoms with van der Waals surface area (Å²) in [5.41, 5.74) is 0.598. The van der Waals surface area contributed by atoms with Crippen molar-refractivity contribution in [3.63, 3.8) is 0 Å². The fraction of sp³-hybridized carbons (Fsp3) is 0.250. The van der Waals surface area contributed by atoms with Crippen molar-refractivity contribution < 1.29 is 23.1 Å². The first-order valence-corrected chi connectivity index (χ1v) is 5.16. The number of carbonyl (C=O) groups is 1. The minimum Gasteiger partial charge on any atom is -0.385 e. The normalized spacial score (nSPS) is 12.9. The number of hydrogen-bond donors (Lipinski definition) is 2. The van der Waals surface area contributed by atoms with Crippen LogP contribution in [-0.2, 0) is 4.79 Å². The molecule has 1 aromatic carbocycles.